The molecule has 2 aromatic carbocycles. The summed E-state index contributed by atoms with van der Waals surface area (Å²) >= 11 is 5.30. The van der Waals surface area contributed by atoms with Gasteiger partial charge in [-0.25, -0.2) is 4.79 Å². The maximum atomic E-state index is 10.9. The topological polar surface area (TPSA) is 68.8 Å². The van der Waals surface area contributed by atoms with Crippen LogP contribution >= 0.6 is 12.2 Å². The van der Waals surface area contributed by atoms with Crippen LogP contribution in [0.3, 0.4) is 0 Å². The zero-order valence-electron chi connectivity index (χ0n) is 20.3. The second-order valence-electron chi connectivity index (χ2n) is 7.65. The normalized spacial score (nSPS) is 12.7. The Kier molecular flexibility index (Phi) is 16.1. The second kappa shape index (κ2) is 18.2. The Balaban J connectivity index is 0.000000401. The molecule has 0 aromatic heterocycles. The monoisotopic (exact) mass is 508 g/mol. The van der Waals surface area contributed by atoms with Gasteiger partial charge in [0.25, 0.3) is 0 Å². The van der Waals surface area contributed by atoms with Gasteiger partial charge >= 0.3 is 35.5 Å². The summed E-state index contributed by atoms with van der Waals surface area (Å²) in [6.07, 6.45) is 8.63. The summed E-state index contributed by atoms with van der Waals surface area (Å²) < 4.78 is 15.6. The van der Waals surface area contributed by atoms with Crippen LogP contribution in [0.25, 0.3) is 0 Å². The first-order valence-corrected chi connectivity index (χ1v) is 12.3. The van der Waals surface area contributed by atoms with Gasteiger partial charge in [-0.1, -0.05) is 18.9 Å². The molecule has 6 nitrogen and oxygen atoms in total. The first kappa shape index (κ1) is 31.0. The van der Waals surface area contributed by atoms with Crippen molar-refractivity contribution in [2.75, 3.05) is 30.5 Å². The molecule has 186 valence electrons. The van der Waals surface area contributed by atoms with Crippen LogP contribution in [-0.2, 0) is 9.53 Å². The average molecular weight is 509 g/mol. The Hall–Kier alpha value is -2.06. The number of benzene rings is 2. The van der Waals surface area contributed by atoms with Crippen molar-refractivity contribution in [1.82, 2.24) is 0 Å². The number of hydrogen-bond donors (Lipinski definition) is 2. The number of carbonyl (C=O) groups is 1. The Labute approximate surface area is 237 Å². The summed E-state index contributed by atoms with van der Waals surface area (Å²) in [5.74, 6) is 2.11. The van der Waals surface area contributed by atoms with Crippen molar-refractivity contribution in [3.63, 3.8) is 0 Å². The SMILES string of the molecule is CCOC(=O)/C=C/C1CCCC1.CCOc1ccc(NC(=S)Nc2ccc(OCC)cc2)cc1.[NaH]. The van der Waals surface area contributed by atoms with Crippen molar-refractivity contribution in [1.29, 1.82) is 0 Å². The third kappa shape index (κ3) is 13.0. The second-order valence-corrected chi connectivity index (χ2v) is 8.06. The van der Waals surface area contributed by atoms with Gasteiger partial charge in [-0.15, -0.1) is 0 Å². The van der Waals surface area contributed by atoms with Crippen molar-refractivity contribution >= 4 is 64.2 Å². The Morgan fingerprint density at radius 2 is 1.31 bits per heavy atom. The average Bonchev–Trinajstić information content (AvgIpc) is 3.35. The molecule has 35 heavy (non-hydrogen) atoms. The molecular formula is C27H37N2NaO4S. The van der Waals surface area contributed by atoms with Crippen LogP contribution in [0.15, 0.2) is 60.7 Å². The number of nitrogens with one attached hydrogen (secondary N) is 2. The molecule has 1 fully saturated rings. The number of ether oxygens (including phenoxy) is 3. The number of allylic oxidation sites excluding steroid dienone is 1. The van der Waals surface area contributed by atoms with Crippen LogP contribution in [0, 0.1) is 5.92 Å². The standard InChI is InChI=1S/C17H20N2O2S.C10H16O2.Na.H/c1-3-20-15-9-5-13(6-10-15)18-17(22)19-14-7-11-16(12-8-14)21-4-2;1-2-12-10(11)8-7-9-5-3-4-6-9;;/h5-12H,3-4H2,1-2H3,(H2,18,19,22);7-9H,2-6H2,1H3;;/b;8-7+;;. The summed E-state index contributed by atoms with van der Waals surface area (Å²) in [6.45, 7) is 7.52. The molecule has 1 aliphatic carbocycles. The molecule has 8 heteroatoms. The molecule has 0 aliphatic heterocycles. The van der Waals surface area contributed by atoms with E-state index in [1.165, 1.54) is 25.7 Å². The van der Waals surface area contributed by atoms with Gasteiger partial charge in [-0.2, -0.15) is 0 Å². The van der Waals surface area contributed by atoms with Crippen LogP contribution in [0.4, 0.5) is 11.4 Å². The molecule has 0 bridgehead atoms. The zero-order valence-corrected chi connectivity index (χ0v) is 21.2. The van der Waals surface area contributed by atoms with Gasteiger partial charge in [0.1, 0.15) is 11.5 Å². The molecule has 0 unspecified atom stereocenters. The third-order valence-corrected chi connectivity index (χ3v) is 5.24. The Morgan fingerprint density at radius 3 is 1.71 bits per heavy atom. The van der Waals surface area contributed by atoms with E-state index in [9.17, 15) is 4.79 Å². The molecular weight excluding hydrogens is 471 g/mol. The Bertz CT molecular complexity index is 845. The molecule has 0 spiro atoms. The number of hydrogen-bond acceptors (Lipinski definition) is 5. The van der Waals surface area contributed by atoms with Gasteiger partial charge in [-0.3, -0.25) is 0 Å². The fourth-order valence-electron chi connectivity index (χ4n) is 3.45. The van der Waals surface area contributed by atoms with E-state index in [4.69, 9.17) is 26.4 Å². The quantitative estimate of drug-likeness (QED) is 0.188. The summed E-state index contributed by atoms with van der Waals surface area (Å²) in [7, 11) is 0. The maximum absolute atomic E-state index is 10.9. The van der Waals surface area contributed by atoms with Gasteiger partial charge in [0.15, 0.2) is 5.11 Å². The fourth-order valence-corrected chi connectivity index (χ4v) is 3.69. The van der Waals surface area contributed by atoms with Crippen molar-refractivity contribution in [3.05, 3.63) is 60.7 Å². The zero-order chi connectivity index (χ0) is 24.6. The van der Waals surface area contributed by atoms with Gasteiger partial charge in [0, 0.05) is 17.5 Å². The van der Waals surface area contributed by atoms with Crippen molar-refractivity contribution in [3.8, 4) is 11.5 Å². The number of thiocarbonyl (C=S) groups is 1. The first-order chi connectivity index (χ1) is 16.5. The number of esters is 1. The molecule has 3 rings (SSSR count). The number of rotatable bonds is 9. The Morgan fingerprint density at radius 1 is 0.857 bits per heavy atom. The van der Waals surface area contributed by atoms with Crippen LogP contribution in [-0.4, -0.2) is 60.5 Å². The number of anilines is 2. The summed E-state index contributed by atoms with van der Waals surface area (Å²) in [4.78, 5) is 10.9. The molecule has 0 atom stereocenters. The van der Waals surface area contributed by atoms with E-state index >= 15 is 0 Å². The third-order valence-electron chi connectivity index (χ3n) is 5.04. The molecule has 0 saturated heterocycles. The molecule has 1 aliphatic rings. The van der Waals surface area contributed by atoms with Crippen molar-refractivity contribution < 1.29 is 19.0 Å². The van der Waals surface area contributed by atoms with Gasteiger partial charge in [0.05, 0.1) is 19.8 Å². The van der Waals surface area contributed by atoms with E-state index in [1.54, 1.807) is 6.08 Å². The molecule has 2 N–H and O–H groups in total. The predicted molar refractivity (Wildman–Crippen MR) is 150 cm³/mol. The van der Waals surface area contributed by atoms with E-state index in [-0.39, 0.29) is 35.5 Å². The molecule has 2 aromatic rings. The molecule has 0 amide bonds. The van der Waals surface area contributed by atoms with E-state index in [2.05, 4.69) is 10.6 Å². The van der Waals surface area contributed by atoms with Crippen LogP contribution in [0.2, 0.25) is 0 Å². The van der Waals surface area contributed by atoms with Gasteiger partial charge in [-0.05, 0) is 100 Å². The van der Waals surface area contributed by atoms with Crippen LogP contribution in [0.5, 0.6) is 11.5 Å². The first-order valence-electron chi connectivity index (χ1n) is 11.9. The van der Waals surface area contributed by atoms with Crippen molar-refractivity contribution in [2.24, 2.45) is 5.92 Å². The summed E-state index contributed by atoms with van der Waals surface area (Å²) in [5.41, 5.74) is 1.82. The summed E-state index contributed by atoms with van der Waals surface area (Å²) in [5, 5.41) is 6.80. The minimum absolute atomic E-state index is 0. The van der Waals surface area contributed by atoms with Crippen LogP contribution < -0.4 is 20.1 Å². The minimum atomic E-state index is -0.204. The fraction of sp³-hybridized carbons (Fsp3) is 0.407. The number of carbonyl (C=O) groups excluding carboxylic acids is 1. The summed E-state index contributed by atoms with van der Waals surface area (Å²) in [6, 6.07) is 15.3. The predicted octanol–water partition coefficient (Wildman–Crippen LogP) is 5.94. The van der Waals surface area contributed by atoms with Crippen LogP contribution in [0.1, 0.15) is 46.5 Å². The van der Waals surface area contributed by atoms with E-state index in [0.29, 0.717) is 30.9 Å². The van der Waals surface area contributed by atoms with E-state index in [0.717, 1.165) is 22.9 Å². The molecule has 0 heterocycles. The van der Waals surface area contributed by atoms with Crippen molar-refractivity contribution in [2.45, 2.75) is 46.5 Å². The molecule has 1 saturated carbocycles. The molecule has 0 radical (unpaired) electrons. The van der Waals surface area contributed by atoms with Gasteiger partial charge in [0.2, 0.25) is 0 Å². The van der Waals surface area contributed by atoms with Gasteiger partial charge < -0.3 is 24.8 Å². The van der Waals surface area contributed by atoms with E-state index in [1.807, 2.05) is 75.4 Å². The van der Waals surface area contributed by atoms with E-state index < -0.39 is 0 Å².